The fraction of sp³-hybridized carbons (Fsp3) is 0.467. The van der Waals surface area contributed by atoms with E-state index in [9.17, 15) is 24.3 Å². The second-order valence-electron chi connectivity index (χ2n) is 9.35. The minimum Gasteiger partial charge on any atom is -0.453 e. The van der Waals surface area contributed by atoms with Crippen molar-refractivity contribution in [1.82, 2.24) is 5.32 Å². The number of Topliss-reactive ketones (excluding diaryl/α,β-unsaturated/α-hetero) is 1. The van der Waals surface area contributed by atoms with E-state index in [-0.39, 0.29) is 17.3 Å². The molecule has 1 amide bonds. The van der Waals surface area contributed by atoms with Crippen molar-refractivity contribution >= 4 is 23.6 Å². The molecule has 3 unspecified atom stereocenters. The molecule has 0 aliphatic carbocycles. The smallest absolute Gasteiger partial charge is 0.410 e. The van der Waals surface area contributed by atoms with Crippen LogP contribution in [0.2, 0.25) is 0 Å². The van der Waals surface area contributed by atoms with Crippen molar-refractivity contribution in [1.29, 1.82) is 0 Å². The lowest BCUT2D eigenvalue weighted by Crippen LogP contribution is -2.37. The molecule has 0 aromatic rings. The number of aliphatic hydroxyl groups excluding tert-OH is 1. The molecule has 0 bridgehead atoms. The number of alkyl carbamates (subject to hydrolysis) is 1. The maximum Gasteiger partial charge on any atom is 0.410 e. The molecule has 0 fully saturated rings. The van der Waals surface area contributed by atoms with Gasteiger partial charge >= 0.3 is 12.1 Å². The van der Waals surface area contributed by atoms with Crippen molar-refractivity contribution in [3.8, 4) is 0 Å². The Labute approximate surface area is 225 Å². The van der Waals surface area contributed by atoms with Gasteiger partial charge in [0.05, 0.1) is 13.2 Å². The largest absolute Gasteiger partial charge is 0.453 e. The molecule has 0 spiro atoms. The lowest BCUT2D eigenvalue weighted by atomic mass is 9.90. The second-order valence-corrected chi connectivity index (χ2v) is 9.35. The van der Waals surface area contributed by atoms with Crippen molar-refractivity contribution < 1.29 is 33.8 Å². The Morgan fingerprint density at radius 3 is 2.50 bits per heavy atom. The van der Waals surface area contributed by atoms with Crippen LogP contribution in [0.3, 0.4) is 0 Å². The van der Waals surface area contributed by atoms with Crippen LogP contribution in [0.5, 0.6) is 0 Å². The number of carbonyl (C=O) groups is 4. The SMILES string of the molecule is C/C=C/C/C=C(\C)C(O)CC/C(C)=C/C=C(\C)C(=O)C1C(=O)C=C(C(C)CC/C=C/NC(=O)OC)OC1=O. The van der Waals surface area contributed by atoms with Crippen LogP contribution in [-0.4, -0.2) is 41.9 Å². The summed E-state index contributed by atoms with van der Waals surface area (Å²) in [6.07, 6.45) is 15.7. The number of aliphatic hydroxyl groups is 1. The molecule has 38 heavy (non-hydrogen) atoms. The highest BCUT2D eigenvalue weighted by Gasteiger charge is 2.39. The molecule has 1 rings (SSSR count). The van der Waals surface area contributed by atoms with Crippen LogP contribution < -0.4 is 5.32 Å². The van der Waals surface area contributed by atoms with Crippen molar-refractivity contribution in [2.24, 2.45) is 11.8 Å². The van der Waals surface area contributed by atoms with Crippen LogP contribution in [0, 0.1) is 11.8 Å². The summed E-state index contributed by atoms with van der Waals surface area (Å²) in [5.74, 6) is -3.57. The van der Waals surface area contributed by atoms with Crippen molar-refractivity contribution in [2.45, 2.75) is 72.8 Å². The van der Waals surface area contributed by atoms with Crippen LogP contribution >= 0.6 is 0 Å². The maximum atomic E-state index is 12.9. The van der Waals surface area contributed by atoms with Gasteiger partial charge in [-0.3, -0.25) is 19.7 Å². The van der Waals surface area contributed by atoms with Crippen LogP contribution in [0.25, 0.3) is 0 Å². The van der Waals surface area contributed by atoms with Crippen LogP contribution in [0.15, 0.2) is 71.2 Å². The van der Waals surface area contributed by atoms with Gasteiger partial charge in [0.2, 0.25) is 0 Å². The first-order chi connectivity index (χ1) is 18.0. The first kappa shape index (κ1) is 32.5. The number of esters is 1. The fourth-order valence-corrected chi connectivity index (χ4v) is 3.56. The Morgan fingerprint density at radius 2 is 1.87 bits per heavy atom. The third-order valence-corrected chi connectivity index (χ3v) is 6.20. The van der Waals surface area contributed by atoms with E-state index < -0.39 is 35.7 Å². The van der Waals surface area contributed by atoms with Crippen LogP contribution in [0.4, 0.5) is 4.79 Å². The van der Waals surface area contributed by atoms with E-state index in [1.165, 1.54) is 19.4 Å². The predicted molar refractivity (Wildman–Crippen MR) is 147 cm³/mol. The third kappa shape index (κ3) is 11.3. The number of amides is 1. The molecular formula is C30H41NO7. The van der Waals surface area contributed by atoms with Gasteiger partial charge in [0, 0.05) is 18.2 Å². The summed E-state index contributed by atoms with van der Waals surface area (Å²) in [7, 11) is 1.26. The summed E-state index contributed by atoms with van der Waals surface area (Å²) in [4.78, 5) is 49.1. The lowest BCUT2D eigenvalue weighted by Gasteiger charge is -2.22. The zero-order valence-electron chi connectivity index (χ0n) is 23.3. The predicted octanol–water partition coefficient (Wildman–Crippen LogP) is 5.41. The number of rotatable bonds is 14. The van der Waals surface area contributed by atoms with E-state index in [0.717, 1.165) is 17.6 Å². The van der Waals surface area contributed by atoms with Gasteiger partial charge in [0.25, 0.3) is 0 Å². The number of hydrogen-bond acceptors (Lipinski definition) is 7. The highest BCUT2D eigenvalue weighted by molar-refractivity contribution is 6.26. The van der Waals surface area contributed by atoms with Gasteiger partial charge < -0.3 is 14.6 Å². The molecule has 1 heterocycles. The number of cyclic esters (lactones) is 1. The minimum atomic E-state index is -1.51. The summed E-state index contributed by atoms with van der Waals surface area (Å²) in [6, 6.07) is 0. The monoisotopic (exact) mass is 527 g/mol. The van der Waals surface area contributed by atoms with Crippen molar-refractivity contribution in [3.63, 3.8) is 0 Å². The average Bonchev–Trinajstić information content (AvgIpc) is 2.89. The fourth-order valence-electron chi connectivity index (χ4n) is 3.56. The Balaban J connectivity index is 2.71. The van der Waals surface area contributed by atoms with E-state index in [1.807, 2.05) is 45.9 Å². The normalized spacial score (nSPS) is 18.9. The van der Waals surface area contributed by atoms with Gasteiger partial charge in [-0.25, -0.2) is 4.79 Å². The molecule has 3 atom stereocenters. The van der Waals surface area contributed by atoms with Crippen molar-refractivity contribution in [2.75, 3.05) is 7.11 Å². The Kier molecular flexibility index (Phi) is 14.6. The topological polar surface area (TPSA) is 119 Å². The van der Waals surface area contributed by atoms with Gasteiger partial charge in [-0.15, -0.1) is 0 Å². The van der Waals surface area contributed by atoms with E-state index in [1.54, 1.807) is 25.2 Å². The number of ketones is 2. The lowest BCUT2D eigenvalue weighted by molar-refractivity contribution is -0.152. The molecular weight excluding hydrogens is 486 g/mol. The number of hydrogen-bond donors (Lipinski definition) is 2. The van der Waals surface area contributed by atoms with Crippen LogP contribution in [0.1, 0.15) is 66.7 Å². The number of methoxy groups -OCH3 is 1. The Hall–Kier alpha value is -3.52. The summed E-state index contributed by atoms with van der Waals surface area (Å²) < 4.78 is 9.81. The summed E-state index contributed by atoms with van der Waals surface area (Å²) in [5.41, 5.74) is 2.15. The van der Waals surface area contributed by atoms with Gasteiger partial charge in [0.1, 0.15) is 5.76 Å². The molecule has 0 radical (unpaired) electrons. The maximum absolute atomic E-state index is 12.9. The summed E-state index contributed by atoms with van der Waals surface area (Å²) in [5, 5.41) is 12.7. The summed E-state index contributed by atoms with van der Waals surface area (Å²) in [6.45, 7) is 9.13. The molecule has 8 nitrogen and oxygen atoms in total. The highest BCUT2D eigenvalue weighted by atomic mass is 16.5. The van der Waals surface area contributed by atoms with Crippen LogP contribution in [-0.2, 0) is 23.9 Å². The van der Waals surface area contributed by atoms with Gasteiger partial charge in [-0.1, -0.05) is 49.0 Å². The Bertz CT molecular complexity index is 1040. The molecule has 1 aliphatic rings. The average molecular weight is 528 g/mol. The van der Waals surface area contributed by atoms with E-state index in [2.05, 4.69) is 10.1 Å². The van der Waals surface area contributed by atoms with Gasteiger partial charge in [-0.2, -0.15) is 0 Å². The third-order valence-electron chi connectivity index (χ3n) is 6.20. The molecule has 0 saturated heterocycles. The minimum absolute atomic E-state index is 0.226. The molecule has 0 aromatic heterocycles. The molecule has 1 aliphatic heterocycles. The molecule has 208 valence electrons. The number of nitrogens with one attached hydrogen (secondary N) is 1. The zero-order chi connectivity index (χ0) is 28.7. The van der Waals surface area contributed by atoms with Gasteiger partial charge in [-0.05, 0) is 70.9 Å². The van der Waals surface area contributed by atoms with Gasteiger partial charge in [0.15, 0.2) is 17.5 Å². The molecule has 8 heteroatoms. The quantitative estimate of drug-likeness (QED) is 0.102. The first-order valence-electron chi connectivity index (χ1n) is 12.8. The molecule has 0 aromatic carbocycles. The highest BCUT2D eigenvalue weighted by Crippen LogP contribution is 2.26. The van der Waals surface area contributed by atoms with E-state index in [0.29, 0.717) is 25.7 Å². The Morgan fingerprint density at radius 1 is 1.16 bits per heavy atom. The summed E-state index contributed by atoms with van der Waals surface area (Å²) >= 11 is 0. The standard InChI is InChI=1S/C30H41NO7/c1-7-8-9-12-21(3)24(32)17-15-20(2)14-16-23(5)28(34)27-25(33)19-26(38-29(27)35)22(4)13-10-11-18-31-30(36)37-6/h7-8,11-12,14,16,18-19,22,24,27,32H,9-10,13,15,17H2,1-6H3,(H,31,36)/b8-7+,18-11+,20-14+,21-12+,23-16+. The zero-order valence-corrected chi connectivity index (χ0v) is 23.3. The number of ether oxygens (including phenoxy) is 2. The number of allylic oxidation sites excluding steroid dienone is 10. The molecule has 2 N–H and O–H groups in total. The van der Waals surface area contributed by atoms with E-state index in [4.69, 9.17) is 4.74 Å². The first-order valence-corrected chi connectivity index (χ1v) is 12.8. The van der Waals surface area contributed by atoms with E-state index >= 15 is 0 Å². The number of carbonyl (C=O) groups excluding carboxylic acids is 4. The van der Waals surface area contributed by atoms with Crippen molar-refractivity contribution in [3.05, 3.63) is 71.2 Å². The molecule has 0 saturated carbocycles. The second kappa shape index (κ2) is 17.1.